The van der Waals surface area contributed by atoms with Crippen molar-refractivity contribution in [3.05, 3.63) is 75.3 Å². The summed E-state index contributed by atoms with van der Waals surface area (Å²) in [7, 11) is 0. The lowest BCUT2D eigenvalue weighted by molar-refractivity contribution is -0.122. The van der Waals surface area contributed by atoms with Crippen molar-refractivity contribution in [3.63, 3.8) is 0 Å². The zero-order valence-corrected chi connectivity index (χ0v) is 14.4. The van der Waals surface area contributed by atoms with E-state index < -0.39 is 29.1 Å². The number of hydrogen-bond donors (Lipinski definition) is 1. The van der Waals surface area contributed by atoms with E-state index in [2.05, 4.69) is 10.3 Å². The van der Waals surface area contributed by atoms with Crippen molar-refractivity contribution in [3.8, 4) is 0 Å². The van der Waals surface area contributed by atoms with Crippen LogP contribution in [0.3, 0.4) is 0 Å². The average Bonchev–Trinajstić information content (AvgIpc) is 2.57. The molecule has 1 N–H and O–H groups in total. The summed E-state index contributed by atoms with van der Waals surface area (Å²) in [5.74, 6) is -1.96. The molecule has 0 fully saturated rings. The van der Waals surface area contributed by atoms with E-state index in [0.29, 0.717) is 15.9 Å². The van der Waals surface area contributed by atoms with Gasteiger partial charge in [-0.15, -0.1) is 0 Å². The van der Waals surface area contributed by atoms with Crippen molar-refractivity contribution < 1.29 is 13.6 Å². The van der Waals surface area contributed by atoms with Gasteiger partial charge in [0, 0.05) is 16.7 Å². The molecule has 0 radical (unpaired) electrons. The summed E-state index contributed by atoms with van der Waals surface area (Å²) >= 11 is 5.89. The fourth-order valence-corrected chi connectivity index (χ4v) is 2.79. The molecule has 5 nitrogen and oxygen atoms in total. The molecule has 134 valence electrons. The highest BCUT2D eigenvalue weighted by Crippen LogP contribution is 2.18. The Bertz CT molecular complexity index is 1050. The molecule has 0 aliphatic carbocycles. The molecule has 1 aromatic heterocycles. The molecule has 3 rings (SSSR count). The van der Waals surface area contributed by atoms with Crippen molar-refractivity contribution in [2.75, 3.05) is 0 Å². The topological polar surface area (TPSA) is 64.0 Å². The van der Waals surface area contributed by atoms with Crippen LogP contribution < -0.4 is 10.9 Å². The first-order valence-corrected chi connectivity index (χ1v) is 8.12. The minimum atomic E-state index is -0.753. The van der Waals surface area contributed by atoms with Crippen LogP contribution in [0.4, 0.5) is 8.78 Å². The molecule has 3 aromatic rings. The highest BCUT2D eigenvalue weighted by atomic mass is 35.5. The molecule has 0 aliphatic heterocycles. The van der Waals surface area contributed by atoms with Gasteiger partial charge >= 0.3 is 0 Å². The fraction of sp³-hybridized carbons (Fsp3) is 0.167. The van der Waals surface area contributed by atoms with Gasteiger partial charge in [-0.2, -0.15) is 0 Å². The number of amides is 1. The molecule has 0 saturated carbocycles. The third-order valence-corrected chi connectivity index (χ3v) is 4.14. The molecule has 0 unspecified atom stereocenters. The van der Waals surface area contributed by atoms with Gasteiger partial charge in [0.1, 0.15) is 18.2 Å². The normalized spacial score (nSPS) is 12.2. The predicted molar refractivity (Wildman–Crippen MR) is 93.9 cm³/mol. The predicted octanol–water partition coefficient (Wildman–Crippen LogP) is 3.21. The zero-order chi connectivity index (χ0) is 18.8. The first-order valence-electron chi connectivity index (χ1n) is 7.74. The second-order valence-electron chi connectivity index (χ2n) is 5.79. The fourth-order valence-electron chi connectivity index (χ4n) is 2.62. The lowest BCUT2D eigenvalue weighted by atomic mass is 10.1. The van der Waals surface area contributed by atoms with Crippen molar-refractivity contribution in [2.45, 2.75) is 19.5 Å². The molecule has 2 aromatic carbocycles. The Morgan fingerprint density at radius 3 is 2.77 bits per heavy atom. The number of benzene rings is 2. The molecule has 0 aliphatic rings. The van der Waals surface area contributed by atoms with E-state index in [4.69, 9.17) is 11.6 Å². The molecule has 0 spiro atoms. The smallest absolute Gasteiger partial charge is 0.261 e. The second kappa shape index (κ2) is 7.21. The van der Waals surface area contributed by atoms with E-state index >= 15 is 0 Å². The Kier molecular flexibility index (Phi) is 4.99. The molecule has 0 bridgehead atoms. The zero-order valence-electron chi connectivity index (χ0n) is 13.7. The van der Waals surface area contributed by atoms with Crippen LogP contribution in [-0.4, -0.2) is 15.5 Å². The molecular formula is C18H14ClF2N3O2. The summed E-state index contributed by atoms with van der Waals surface area (Å²) in [4.78, 5) is 28.8. The highest BCUT2D eigenvalue weighted by Gasteiger charge is 2.15. The average molecular weight is 378 g/mol. The Morgan fingerprint density at radius 1 is 1.27 bits per heavy atom. The van der Waals surface area contributed by atoms with Gasteiger partial charge < -0.3 is 5.32 Å². The van der Waals surface area contributed by atoms with E-state index in [1.165, 1.54) is 18.5 Å². The number of carbonyl (C=O) groups is 1. The van der Waals surface area contributed by atoms with Gasteiger partial charge in [0.25, 0.3) is 5.56 Å². The van der Waals surface area contributed by atoms with Crippen LogP contribution in [-0.2, 0) is 11.3 Å². The van der Waals surface area contributed by atoms with Crippen LogP contribution in [0.2, 0.25) is 5.02 Å². The standard InChI is InChI=1S/C18H14ClF2N3O2/c1-10(13-4-3-12(20)7-15(13)21)23-17(25)8-24-9-22-16-5-2-11(19)6-14(16)18(24)26/h2-7,9-10H,8H2,1H3,(H,23,25)/t10-/m1/s1. The van der Waals surface area contributed by atoms with Crippen LogP contribution in [0.25, 0.3) is 10.9 Å². The Balaban J connectivity index is 1.78. The largest absolute Gasteiger partial charge is 0.348 e. The molecule has 1 amide bonds. The lowest BCUT2D eigenvalue weighted by Gasteiger charge is -2.15. The molecule has 8 heteroatoms. The second-order valence-corrected chi connectivity index (χ2v) is 6.23. The first kappa shape index (κ1) is 18.0. The Labute approximate surface area is 152 Å². The van der Waals surface area contributed by atoms with Gasteiger partial charge in [-0.25, -0.2) is 13.8 Å². The molecular weight excluding hydrogens is 364 g/mol. The van der Waals surface area contributed by atoms with Crippen molar-refractivity contribution in [1.82, 2.24) is 14.9 Å². The van der Waals surface area contributed by atoms with E-state index in [1.807, 2.05) is 0 Å². The number of fused-ring (bicyclic) bond motifs is 1. The first-order chi connectivity index (χ1) is 12.3. The third-order valence-electron chi connectivity index (χ3n) is 3.91. The van der Waals surface area contributed by atoms with E-state index in [0.717, 1.165) is 16.7 Å². The van der Waals surface area contributed by atoms with Gasteiger partial charge in [0.15, 0.2) is 0 Å². The summed E-state index contributed by atoms with van der Waals surface area (Å²) in [6.07, 6.45) is 1.27. The lowest BCUT2D eigenvalue weighted by Crippen LogP contribution is -2.34. The molecule has 0 saturated heterocycles. The Morgan fingerprint density at radius 2 is 2.04 bits per heavy atom. The molecule has 26 heavy (non-hydrogen) atoms. The summed E-state index contributed by atoms with van der Waals surface area (Å²) in [6.45, 7) is 1.27. The Hall–Kier alpha value is -2.80. The van der Waals surface area contributed by atoms with Crippen LogP contribution in [0, 0.1) is 11.6 Å². The van der Waals surface area contributed by atoms with Crippen LogP contribution in [0.15, 0.2) is 47.5 Å². The van der Waals surface area contributed by atoms with Crippen molar-refractivity contribution in [2.24, 2.45) is 0 Å². The van der Waals surface area contributed by atoms with Crippen molar-refractivity contribution >= 4 is 28.4 Å². The quantitative estimate of drug-likeness (QED) is 0.759. The summed E-state index contributed by atoms with van der Waals surface area (Å²) in [5, 5.41) is 3.26. The van der Waals surface area contributed by atoms with Crippen LogP contribution in [0.1, 0.15) is 18.5 Å². The third kappa shape index (κ3) is 3.72. The van der Waals surface area contributed by atoms with Crippen LogP contribution in [0.5, 0.6) is 0 Å². The molecule has 1 heterocycles. The maximum Gasteiger partial charge on any atom is 0.261 e. The van der Waals surface area contributed by atoms with E-state index in [-0.39, 0.29) is 12.1 Å². The summed E-state index contributed by atoms with van der Waals surface area (Å²) < 4.78 is 27.9. The maximum atomic E-state index is 13.8. The van der Waals surface area contributed by atoms with Gasteiger partial charge in [-0.05, 0) is 31.2 Å². The number of carbonyl (C=O) groups excluding carboxylic acids is 1. The van der Waals surface area contributed by atoms with Gasteiger partial charge in [-0.3, -0.25) is 14.2 Å². The summed E-state index contributed by atoms with van der Waals surface area (Å²) in [6, 6.07) is 7.15. The summed E-state index contributed by atoms with van der Waals surface area (Å²) in [5.41, 5.74) is 0.210. The van der Waals surface area contributed by atoms with Gasteiger partial charge in [0.05, 0.1) is 23.3 Å². The number of halogens is 3. The van der Waals surface area contributed by atoms with Crippen molar-refractivity contribution in [1.29, 1.82) is 0 Å². The number of nitrogens with one attached hydrogen (secondary N) is 1. The number of aromatic nitrogens is 2. The van der Waals surface area contributed by atoms with Gasteiger partial charge in [-0.1, -0.05) is 17.7 Å². The molecule has 1 atom stereocenters. The van der Waals surface area contributed by atoms with Gasteiger partial charge in [0.2, 0.25) is 5.91 Å². The highest BCUT2D eigenvalue weighted by molar-refractivity contribution is 6.31. The SMILES string of the molecule is C[C@@H](NC(=O)Cn1cnc2ccc(Cl)cc2c1=O)c1ccc(F)cc1F. The number of nitrogens with zero attached hydrogens (tertiary/aromatic N) is 2. The van der Waals surface area contributed by atoms with E-state index in [9.17, 15) is 18.4 Å². The van der Waals surface area contributed by atoms with E-state index in [1.54, 1.807) is 19.1 Å². The maximum absolute atomic E-state index is 13.8. The number of hydrogen-bond acceptors (Lipinski definition) is 3. The monoisotopic (exact) mass is 377 g/mol. The number of rotatable bonds is 4. The van der Waals surface area contributed by atoms with Crippen LogP contribution >= 0.6 is 11.6 Å². The minimum absolute atomic E-state index is 0.149. The minimum Gasteiger partial charge on any atom is -0.348 e.